The number of thiol groups is 1. The van der Waals surface area contributed by atoms with Crippen LogP contribution in [0.1, 0.15) is 24.0 Å². The molecule has 0 aliphatic heterocycles. The minimum Gasteiger partial charge on any atom is -0.480 e. The van der Waals surface area contributed by atoms with E-state index in [2.05, 4.69) is 38.9 Å². The van der Waals surface area contributed by atoms with E-state index < -0.39 is 47.9 Å². The minimum atomic E-state index is -1.28. The molecule has 1 heterocycles. The van der Waals surface area contributed by atoms with Gasteiger partial charge in [-0.05, 0) is 47.2 Å². The number of aromatic amines is 1. The Bertz CT molecular complexity index is 1740. The zero-order valence-electron chi connectivity index (χ0n) is 25.7. The number of carboxylic acid groups (broad SMARTS) is 1. The number of amides is 3. The molecule has 0 unspecified atom stereocenters. The number of aromatic nitrogens is 1. The molecule has 3 amide bonds. The number of hydrogen-bond donors (Lipinski definition) is 10. The van der Waals surface area contributed by atoms with Crippen LogP contribution in [0.25, 0.3) is 21.7 Å². The molecule has 4 aromatic rings. The first kappa shape index (κ1) is 34.8. The summed E-state index contributed by atoms with van der Waals surface area (Å²) in [5.74, 6) is -3.60. The molecule has 4 atom stereocenters. The summed E-state index contributed by atoms with van der Waals surface area (Å²) in [5.41, 5.74) is 14.1. The van der Waals surface area contributed by atoms with E-state index in [1.165, 1.54) is 0 Å². The van der Waals surface area contributed by atoms with Crippen LogP contribution in [0.4, 0.5) is 0 Å². The predicted octanol–water partition coefficient (Wildman–Crippen LogP) is 1.17. The third-order valence-electron chi connectivity index (χ3n) is 7.75. The van der Waals surface area contributed by atoms with Gasteiger partial charge in [-0.15, -0.1) is 0 Å². The maximum Gasteiger partial charge on any atom is 0.327 e. The van der Waals surface area contributed by atoms with E-state index in [-0.39, 0.29) is 37.5 Å². The number of hydrogen-bond acceptors (Lipinski definition) is 7. The predicted molar refractivity (Wildman–Crippen MR) is 184 cm³/mol. The Balaban J connectivity index is 1.52. The smallest absolute Gasteiger partial charge is 0.327 e. The number of carboxylic acids is 1. The van der Waals surface area contributed by atoms with Crippen LogP contribution in [0.3, 0.4) is 0 Å². The number of aliphatic carboxylic acids is 1. The average molecular weight is 661 g/mol. The fourth-order valence-corrected chi connectivity index (χ4v) is 5.50. The normalized spacial score (nSPS) is 13.7. The van der Waals surface area contributed by atoms with Crippen molar-refractivity contribution in [3.63, 3.8) is 0 Å². The maximum absolute atomic E-state index is 13.8. The lowest BCUT2D eigenvalue weighted by Gasteiger charge is -2.25. The van der Waals surface area contributed by atoms with Crippen molar-refractivity contribution in [3.05, 3.63) is 84.1 Å². The van der Waals surface area contributed by atoms with Gasteiger partial charge in [-0.1, -0.05) is 60.7 Å². The van der Waals surface area contributed by atoms with Gasteiger partial charge in [0.15, 0.2) is 5.96 Å². The number of nitrogens with two attached hydrogens (primary N) is 2. The number of benzene rings is 3. The second kappa shape index (κ2) is 16.5. The van der Waals surface area contributed by atoms with Crippen LogP contribution in [-0.4, -0.2) is 76.2 Å². The molecule has 0 bridgehead atoms. The first-order valence-corrected chi connectivity index (χ1v) is 15.8. The summed E-state index contributed by atoms with van der Waals surface area (Å²) in [7, 11) is 0. The van der Waals surface area contributed by atoms with E-state index in [0.29, 0.717) is 6.42 Å². The van der Waals surface area contributed by atoms with Gasteiger partial charge in [0.05, 0.1) is 6.04 Å². The summed E-state index contributed by atoms with van der Waals surface area (Å²) in [6.45, 7) is 0.264. The molecule has 14 heteroatoms. The second-order valence-corrected chi connectivity index (χ2v) is 11.6. The van der Waals surface area contributed by atoms with Crippen molar-refractivity contribution in [2.45, 2.75) is 49.9 Å². The van der Waals surface area contributed by atoms with E-state index in [4.69, 9.17) is 16.9 Å². The molecule has 0 saturated heterocycles. The van der Waals surface area contributed by atoms with Crippen molar-refractivity contribution in [1.29, 1.82) is 5.41 Å². The molecule has 47 heavy (non-hydrogen) atoms. The van der Waals surface area contributed by atoms with Gasteiger partial charge in [-0.2, -0.15) is 12.6 Å². The SMILES string of the molecule is N=C(N)NCCC[C@H](NC(=O)[C@H](N)Cc1ccc2ccccc2c1)C(=O)N[C@@H](Cc1c[nH]c2ccccc12)C(=O)N[C@@H](CS)C(=O)O. The van der Waals surface area contributed by atoms with E-state index in [1.54, 1.807) is 6.20 Å². The lowest BCUT2D eigenvalue weighted by atomic mass is 10.0. The van der Waals surface area contributed by atoms with Crippen LogP contribution in [0.2, 0.25) is 0 Å². The zero-order chi connectivity index (χ0) is 33.9. The Hall–Kier alpha value is -5.08. The summed E-state index contributed by atoms with van der Waals surface area (Å²) in [5, 5.41) is 30.4. The highest BCUT2D eigenvalue weighted by Crippen LogP contribution is 2.20. The first-order chi connectivity index (χ1) is 22.5. The van der Waals surface area contributed by atoms with Crippen LogP contribution in [0, 0.1) is 5.41 Å². The number of carbonyl (C=O) groups is 4. The molecule has 0 aliphatic rings. The molecule has 0 radical (unpaired) electrons. The molecular weight excluding hydrogens is 620 g/mol. The fraction of sp³-hybridized carbons (Fsp3) is 0.303. The fourth-order valence-electron chi connectivity index (χ4n) is 5.25. The van der Waals surface area contributed by atoms with Gasteiger partial charge in [0.25, 0.3) is 0 Å². The van der Waals surface area contributed by atoms with Crippen molar-refractivity contribution in [2.24, 2.45) is 11.5 Å². The minimum absolute atomic E-state index is 0.0362. The summed E-state index contributed by atoms with van der Waals surface area (Å²) < 4.78 is 0. The summed E-state index contributed by atoms with van der Waals surface area (Å²) in [6.07, 6.45) is 2.47. The molecule has 0 spiro atoms. The van der Waals surface area contributed by atoms with Gasteiger partial charge in [-0.25, -0.2) is 4.79 Å². The van der Waals surface area contributed by atoms with Gasteiger partial charge < -0.3 is 42.8 Å². The lowest BCUT2D eigenvalue weighted by Crippen LogP contribution is -2.58. The van der Waals surface area contributed by atoms with E-state index in [0.717, 1.165) is 32.8 Å². The number of nitrogens with one attached hydrogen (secondary N) is 6. The number of H-pyrrole nitrogens is 1. The van der Waals surface area contributed by atoms with Gasteiger partial charge in [-0.3, -0.25) is 19.8 Å². The Morgan fingerprint density at radius 3 is 2.23 bits per heavy atom. The lowest BCUT2D eigenvalue weighted by molar-refractivity contribution is -0.141. The molecule has 0 aliphatic carbocycles. The molecule has 248 valence electrons. The standard InChI is InChI=1S/C33H40N8O5S/c34-24(15-19-11-12-20-6-1-2-7-21(20)14-19)29(42)39-26(10-5-13-37-33(35)36)30(43)40-27(31(44)41-28(18-47)32(45)46)16-22-17-38-25-9-4-3-8-23(22)25/h1-4,6-9,11-12,14,17,24,26-28,38,47H,5,10,13,15-16,18,34H2,(H,39,42)(H,40,43)(H,41,44)(H,45,46)(H4,35,36,37)/t24-,26+,27+,28+/m1/s1. The molecule has 11 N–H and O–H groups in total. The Kier molecular flexibility index (Phi) is 12.2. The highest BCUT2D eigenvalue weighted by molar-refractivity contribution is 7.80. The van der Waals surface area contributed by atoms with Gasteiger partial charge in [0.2, 0.25) is 17.7 Å². The molecule has 1 aromatic heterocycles. The molecule has 0 saturated carbocycles. The average Bonchev–Trinajstić information content (AvgIpc) is 3.46. The molecule has 4 rings (SSSR count). The third kappa shape index (κ3) is 9.70. The van der Waals surface area contributed by atoms with Crippen LogP contribution in [0.5, 0.6) is 0 Å². The highest BCUT2D eigenvalue weighted by atomic mass is 32.1. The monoisotopic (exact) mass is 660 g/mol. The van der Waals surface area contributed by atoms with Crippen LogP contribution >= 0.6 is 12.6 Å². The number of carbonyl (C=O) groups excluding carboxylic acids is 3. The van der Waals surface area contributed by atoms with Gasteiger partial charge in [0, 0.05) is 35.8 Å². The quantitative estimate of drug-likeness (QED) is 0.0362. The summed E-state index contributed by atoms with van der Waals surface area (Å²) in [4.78, 5) is 55.2. The Morgan fingerprint density at radius 1 is 0.851 bits per heavy atom. The molecule has 3 aromatic carbocycles. The Labute approximate surface area is 277 Å². The van der Waals surface area contributed by atoms with Crippen molar-refractivity contribution in [3.8, 4) is 0 Å². The third-order valence-corrected chi connectivity index (χ3v) is 8.12. The zero-order valence-corrected chi connectivity index (χ0v) is 26.6. The molecule has 0 fully saturated rings. The number of guanidine groups is 1. The van der Waals surface area contributed by atoms with Crippen molar-refractivity contribution >= 4 is 64.0 Å². The Morgan fingerprint density at radius 2 is 1.51 bits per heavy atom. The van der Waals surface area contributed by atoms with E-state index >= 15 is 0 Å². The molecular formula is C33H40N8O5S. The summed E-state index contributed by atoms with van der Waals surface area (Å²) in [6, 6.07) is 16.5. The number of para-hydroxylation sites is 1. The van der Waals surface area contributed by atoms with Crippen molar-refractivity contribution in [2.75, 3.05) is 12.3 Å². The van der Waals surface area contributed by atoms with Crippen LogP contribution in [0.15, 0.2) is 72.9 Å². The van der Waals surface area contributed by atoms with Gasteiger partial charge in [0.1, 0.15) is 18.1 Å². The number of fused-ring (bicyclic) bond motifs is 2. The largest absolute Gasteiger partial charge is 0.480 e. The van der Waals surface area contributed by atoms with Crippen LogP contribution in [-0.2, 0) is 32.0 Å². The topological polar surface area (TPSA) is 228 Å². The first-order valence-electron chi connectivity index (χ1n) is 15.2. The highest BCUT2D eigenvalue weighted by Gasteiger charge is 2.30. The van der Waals surface area contributed by atoms with Crippen molar-refractivity contribution < 1.29 is 24.3 Å². The molecule has 13 nitrogen and oxygen atoms in total. The second-order valence-electron chi connectivity index (χ2n) is 11.2. The van der Waals surface area contributed by atoms with E-state index in [1.807, 2.05) is 66.7 Å². The van der Waals surface area contributed by atoms with Gasteiger partial charge >= 0.3 is 5.97 Å². The van der Waals surface area contributed by atoms with E-state index in [9.17, 15) is 24.3 Å². The van der Waals surface area contributed by atoms with Crippen molar-refractivity contribution in [1.82, 2.24) is 26.3 Å². The summed E-state index contributed by atoms with van der Waals surface area (Å²) >= 11 is 4.03. The number of rotatable bonds is 16. The van der Waals surface area contributed by atoms with Crippen LogP contribution < -0.4 is 32.7 Å². The maximum atomic E-state index is 13.8.